The summed E-state index contributed by atoms with van der Waals surface area (Å²) in [6.07, 6.45) is 0. The van der Waals surface area contributed by atoms with E-state index in [-0.39, 0.29) is 5.97 Å². The van der Waals surface area contributed by atoms with Crippen LogP contribution in [0.3, 0.4) is 0 Å². The lowest BCUT2D eigenvalue weighted by Gasteiger charge is -2.06. The van der Waals surface area contributed by atoms with Crippen molar-refractivity contribution in [1.29, 1.82) is 0 Å². The van der Waals surface area contributed by atoms with Gasteiger partial charge in [-0.1, -0.05) is 24.3 Å². The molecule has 0 spiro atoms. The maximum absolute atomic E-state index is 11.6. The summed E-state index contributed by atoms with van der Waals surface area (Å²) >= 11 is 0. The molecule has 0 unspecified atom stereocenters. The van der Waals surface area contributed by atoms with Crippen LogP contribution in [-0.2, 0) is 11.3 Å². The monoisotopic (exact) mass is 229 g/mol. The third kappa shape index (κ3) is 2.29. The number of rotatable bonds is 3. The summed E-state index contributed by atoms with van der Waals surface area (Å²) in [7, 11) is 0. The topological polar surface area (TPSA) is 52.3 Å². The largest absolute Gasteiger partial charge is 0.462 e. The lowest BCUT2D eigenvalue weighted by atomic mass is 10.0. The van der Waals surface area contributed by atoms with Gasteiger partial charge in [0.05, 0.1) is 12.2 Å². The molecule has 0 fully saturated rings. The number of benzene rings is 2. The molecule has 2 N–H and O–H groups in total. The molecule has 2 aromatic rings. The Hall–Kier alpha value is -1.87. The Balaban J connectivity index is 2.48. The molecule has 3 nitrogen and oxygen atoms in total. The van der Waals surface area contributed by atoms with E-state index in [0.717, 1.165) is 16.3 Å². The summed E-state index contributed by atoms with van der Waals surface area (Å²) in [6.45, 7) is 2.68. The minimum Gasteiger partial charge on any atom is -0.462 e. The van der Waals surface area contributed by atoms with E-state index < -0.39 is 0 Å². The minimum absolute atomic E-state index is 0.285. The van der Waals surface area contributed by atoms with Crippen molar-refractivity contribution in [3.05, 3.63) is 47.5 Å². The molecule has 0 saturated heterocycles. The maximum atomic E-state index is 11.6. The Kier molecular flexibility index (Phi) is 3.40. The van der Waals surface area contributed by atoms with E-state index in [1.807, 2.05) is 30.3 Å². The van der Waals surface area contributed by atoms with E-state index in [1.54, 1.807) is 13.0 Å². The first-order valence-corrected chi connectivity index (χ1v) is 5.65. The molecule has 0 aliphatic carbocycles. The minimum atomic E-state index is -0.285. The van der Waals surface area contributed by atoms with Crippen molar-refractivity contribution < 1.29 is 9.53 Å². The Morgan fingerprint density at radius 1 is 1.29 bits per heavy atom. The van der Waals surface area contributed by atoms with Gasteiger partial charge in [-0.2, -0.15) is 0 Å². The van der Waals surface area contributed by atoms with E-state index in [9.17, 15) is 4.79 Å². The molecular formula is C14H15NO2. The van der Waals surface area contributed by atoms with Crippen molar-refractivity contribution in [3.8, 4) is 0 Å². The van der Waals surface area contributed by atoms with Crippen LogP contribution in [0, 0.1) is 0 Å². The number of nitrogens with two attached hydrogens (primary N) is 1. The average Bonchev–Trinajstić information content (AvgIpc) is 2.37. The van der Waals surface area contributed by atoms with E-state index in [4.69, 9.17) is 10.5 Å². The van der Waals surface area contributed by atoms with Crippen molar-refractivity contribution in [1.82, 2.24) is 0 Å². The van der Waals surface area contributed by atoms with Crippen LogP contribution >= 0.6 is 0 Å². The van der Waals surface area contributed by atoms with Gasteiger partial charge < -0.3 is 10.5 Å². The van der Waals surface area contributed by atoms with Crippen molar-refractivity contribution in [3.63, 3.8) is 0 Å². The number of carbonyl (C=O) groups excluding carboxylic acids is 1. The lowest BCUT2D eigenvalue weighted by Crippen LogP contribution is -2.04. The van der Waals surface area contributed by atoms with Crippen LogP contribution in [0.1, 0.15) is 22.8 Å². The molecule has 0 amide bonds. The van der Waals surface area contributed by atoms with E-state index in [1.165, 1.54) is 0 Å². The van der Waals surface area contributed by atoms with Crippen LogP contribution in [0.25, 0.3) is 10.8 Å². The lowest BCUT2D eigenvalue weighted by molar-refractivity contribution is 0.0526. The van der Waals surface area contributed by atoms with Crippen LogP contribution in [0.15, 0.2) is 36.4 Å². The van der Waals surface area contributed by atoms with Crippen LogP contribution in [-0.4, -0.2) is 12.6 Å². The van der Waals surface area contributed by atoms with Gasteiger partial charge in [-0.3, -0.25) is 0 Å². The Labute approximate surface area is 100 Å². The predicted molar refractivity (Wildman–Crippen MR) is 67.8 cm³/mol. The van der Waals surface area contributed by atoms with Crippen molar-refractivity contribution in [2.24, 2.45) is 5.73 Å². The second kappa shape index (κ2) is 4.97. The maximum Gasteiger partial charge on any atom is 0.338 e. The number of hydrogen-bond donors (Lipinski definition) is 1. The van der Waals surface area contributed by atoms with Crippen molar-refractivity contribution >= 4 is 16.7 Å². The standard InChI is InChI=1S/C14H15NO2/c1-2-17-14(16)11-6-7-13-10(8-11)4-3-5-12(13)9-15/h3-8H,2,9,15H2,1H3. The zero-order valence-corrected chi connectivity index (χ0v) is 9.77. The van der Waals surface area contributed by atoms with Gasteiger partial charge in [0.25, 0.3) is 0 Å². The fourth-order valence-corrected chi connectivity index (χ4v) is 1.87. The SMILES string of the molecule is CCOC(=O)c1ccc2c(CN)cccc2c1. The quantitative estimate of drug-likeness (QED) is 0.822. The summed E-state index contributed by atoms with van der Waals surface area (Å²) < 4.78 is 4.97. The molecule has 0 bridgehead atoms. The predicted octanol–water partition coefficient (Wildman–Crippen LogP) is 2.48. The molecule has 2 rings (SSSR count). The Bertz CT molecular complexity index is 549. The molecule has 2 aromatic carbocycles. The molecule has 88 valence electrons. The van der Waals surface area contributed by atoms with Crippen LogP contribution < -0.4 is 5.73 Å². The highest BCUT2D eigenvalue weighted by Crippen LogP contribution is 2.20. The first-order valence-electron chi connectivity index (χ1n) is 5.65. The molecule has 0 aliphatic heterocycles. The summed E-state index contributed by atoms with van der Waals surface area (Å²) in [5, 5.41) is 2.10. The van der Waals surface area contributed by atoms with Gasteiger partial charge in [0, 0.05) is 6.54 Å². The summed E-state index contributed by atoms with van der Waals surface area (Å²) in [6, 6.07) is 11.4. The first kappa shape index (κ1) is 11.6. The highest BCUT2D eigenvalue weighted by atomic mass is 16.5. The third-order valence-corrected chi connectivity index (χ3v) is 2.70. The van der Waals surface area contributed by atoms with Crippen LogP contribution in [0.4, 0.5) is 0 Å². The molecule has 0 atom stereocenters. The zero-order chi connectivity index (χ0) is 12.3. The van der Waals surface area contributed by atoms with Gasteiger partial charge in [-0.25, -0.2) is 4.79 Å². The molecule has 0 saturated carbocycles. The molecule has 0 aliphatic rings. The number of hydrogen-bond acceptors (Lipinski definition) is 3. The highest BCUT2D eigenvalue weighted by molar-refractivity contribution is 5.96. The molecule has 0 heterocycles. The van der Waals surface area contributed by atoms with Crippen molar-refractivity contribution in [2.75, 3.05) is 6.61 Å². The van der Waals surface area contributed by atoms with Crippen molar-refractivity contribution in [2.45, 2.75) is 13.5 Å². The molecule has 17 heavy (non-hydrogen) atoms. The van der Waals surface area contributed by atoms with E-state index in [2.05, 4.69) is 0 Å². The van der Waals surface area contributed by atoms with Gasteiger partial charge in [-0.15, -0.1) is 0 Å². The molecular weight excluding hydrogens is 214 g/mol. The number of fused-ring (bicyclic) bond motifs is 1. The zero-order valence-electron chi connectivity index (χ0n) is 9.77. The van der Waals surface area contributed by atoms with E-state index >= 15 is 0 Å². The molecule has 0 aromatic heterocycles. The Morgan fingerprint density at radius 2 is 2.12 bits per heavy atom. The Morgan fingerprint density at radius 3 is 2.82 bits per heavy atom. The summed E-state index contributed by atoms with van der Waals surface area (Å²) in [4.78, 5) is 11.6. The highest BCUT2D eigenvalue weighted by Gasteiger charge is 2.07. The summed E-state index contributed by atoms with van der Waals surface area (Å²) in [5.41, 5.74) is 7.33. The first-order chi connectivity index (χ1) is 8.26. The van der Waals surface area contributed by atoms with Gasteiger partial charge in [-0.05, 0) is 35.4 Å². The van der Waals surface area contributed by atoms with E-state index in [0.29, 0.717) is 18.7 Å². The van der Waals surface area contributed by atoms with Crippen LogP contribution in [0.5, 0.6) is 0 Å². The number of ether oxygens (including phenoxy) is 1. The number of carbonyl (C=O) groups is 1. The number of esters is 1. The summed E-state index contributed by atoms with van der Waals surface area (Å²) in [5.74, 6) is -0.285. The van der Waals surface area contributed by atoms with Gasteiger partial charge >= 0.3 is 5.97 Å². The second-order valence-electron chi connectivity index (χ2n) is 3.78. The smallest absolute Gasteiger partial charge is 0.338 e. The second-order valence-corrected chi connectivity index (χ2v) is 3.78. The van der Waals surface area contributed by atoms with Gasteiger partial charge in [0.15, 0.2) is 0 Å². The molecule has 0 radical (unpaired) electrons. The fraction of sp³-hybridized carbons (Fsp3) is 0.214. The fourth-order valence-electron chi connectivity index (χ4n) is 1.87. The normalized spacial score (nSPS) is 10.5. The van der Waals surface area contributed by atoms with Gasteiger partial charge in [0.2, 0.25) is 0 Å². The van der Waals surface area contributed by atoms with Gasteiger partial charge in [0.1, 0.15) is 0 Å². The third-order valence-electron chi connectivity index (χ3n) is 2.70. The molecule has 3 heteroatoms. The van der Waals surface area contributed by atoms with Crippen LogP contribution in [0.2, 0.25) is 0 Å². The average molecular weight is 229 g/mol.